The van der Waals surface area contributed by atoms with Gasteiger partial charge in [0, 0.05) is 30.5 Å². The van der Waals surface area contributed by atoms with Gasteiger partial charge in [0.2, 0.25) is 5.91 Å². The van der Waals surface area contributed by atoms with Crippen molar-refractivity contribution in [2.24, 2.45) is 0 Å². The molecule has 2 atom stereocenters. The second-order valence-electron chi connectivity index (χ2n) is 4.88. The molecular weight excluding hydrogens is 224 g/mol. The molecule has 3 N–H and O–H groups in total. The van der Waals surface area contributed by atoms with Crippen molar-refractivity contribution in [3.63, 3.8) is 0 Å². The number of nitrogens with one attached hydrogen (secondary N) is 2. The maximum atomic E-state index is 11.8. The van der Waals surface area contributed by atoms with E-state index >= 15 is 0 Å². The summed E-state index contributed by atoms with van der Waals surface area (Å²) in [7, 11) is 0. The lowest BCUT2D eigenvalue weighted by molar-refractivity contribution is -0.124. The Balaban J connectivity index is 2.34. The number of aliphatic hydroxyl groups excluding tert-OH is 1. The van der Waals surface area contributed by atoms with Crippen LogP contribution in [0.25, 0.3) is 0 Å². The lowest BCUT2D eigenvalue weighted by Crippen LogP contribution is -2.52. The third-order valence-electron chi connectivity index (χ3n) is 2.94. The molecule has 0 spiro atoms. The van der Waals surface area contributed by atoms with Gasteiger partial charge in [0.15, 0.2) is 0 Å². The van der Waals surface area contributed by atoms with Crippen LogP contribution in [0.2, 0.25) is 0 Å². The van der Waals surface area contributed by atoms with Crippen LogP contribution in [0.5, 0.6) is 0 Å². The van der Waals surface area contributed by atoms with E-state index in [4.69, 9.17) is 0 Å². The highest BCUT2D eigenvalue weighted by Crippen LogP contribution is 2.12. The minimum absolute atomic E-state index is 0.00546. The van der Waals surface area contributed by atoms with Gasteiger partial charge in [-0.1, -0.05) is 0 Å². The molecule has 1 saturated heterocycles. The van der Waals surface area contributed by atoms with Gasteiger partial charge in [0.25, 0.3) is 0 Å². The Morgan fingerprint density at radius 1 is 1.69 bits per heavy atom. The highest BCUT2D eigenvalue weighted by Gasteiger charge is 2.27. The zero-order valence-electron chi connectivity index (χ0n) is 10.2. The fourth-order valence-electron chi connectivity index (χ4n) is 1.49. The van der Waals surface area contributed by atoms with E-state index in [9.17, 15) is 9.90 Å². The molecule has 0 bridgehead atoms. The van der Waals surface area contributed by atoms with Gasteiger partial charge in [-0.05, 0) is 20.8 Å². The maximum absolute atomic E-state index is 11.8. The van der Waals surface area contributed by atoms with Gasteiger partial charge in [-0.3, -0.25) is 4.79 Å². The van der Waals surface area contributed by atoms with Crippen molar-refractivity contribution in [1.82, 2.24) is 10.6 Å². The SMILES string of the molecule is CC(O)C(C)(C)NC(=O)CC1CSCCN1. The van der Waals surface area contributed by atoms with Crippen molar-refractivity contribution < 1.29 is 9.90 Å². The first kappa shape index (κ1) is 13.8. The van der Waals surface area contributed by atoms with E-state index in [0.29, 0.717) is 6.42 Å². The van der Waals surface area contributed by atoms with Gasteiger partial charge in [0.05, 0.1) is 11.6 Å². The van der Waals surface area contributed by atoms with E-state index < -0.39 is 11.6 Å². The van der Waals surface area contributed by atoms with Crippen LogP contribution in [0.1, 0.15) is 27.2 Å². The van der Waals surface area contributed by atoms with Crippen molar-refractivity contribution in [1.29, 1.82) is 0 Å². The van der Waals surface area contributed by atoms with Crippen molar-refractivity contribution in [2.45, 2.75) is 44.9 Å². The monoisotopic (exact) mass is 246 g/mol. The van der Waals surface area contributed by atoms with Crippen LogP contribution in [0, 0.1) is 0 Å². The summed E-state index contributed by atoms with van der Waals surface area (Å²) in [6.07, 6.45) is -0.0616. The zero-order chi connectivity index (χ0) is 12.2. The molecule has 1 amide bonds. The minimum Gasteiger partial charge on any atom is -0.391 e. The number of hydrogen-bond donors (Lipinski definition) is 3. The van der Waals surface area contributed by atoms with Crippen LogP contribution < -0.4 is 10.6 Å². The molecular formula is C11H22N2O2S. The molecule has 0 aliphatic carbocycles. The number of amides is 1. The van der Waals surface area contributed by atoms with Crippen LogP contribution in [-0.2, 0) is 4.79 Å². The van der Waals surface area contributed by atoms with Gasteiger partial charge >= 0.3 is 0 Å². The van der Waals surface area contributed by atoms with Gasteiger partial charge in [0.1, 0.15) is 0 Å². The normalized spacial score (nSPS) is 23.9. The van der Waals surface area contributed by atoms with Gasteiger partial charge in [-0.15, -0.1) is 0 Å². The van der Waals surface area contributed by atoms with Crippen molar-refractivity contribution in [2.75, 3.05) is 18.1 Å². The Morgan fingerprint density at radius 2 is 2.38 bits per heavy atom. The summed E-state index contributed by atoms with van der Waals surface area (Å²) >= 11 is 1.88. The molecule has 5 heteroatoms. The highest BCUT2D eigenvalue weighted by atomic mass is 32.2. The average molecular weight is 246 g/mol. The van der Waals surface area contributed by atoms with Crippen molar-refractivity contribution in [3.05, 3.63) is 0 Å². The van der Waals surface area contributed by atoms with Crippen molar-refractivity contribution in [3.8, 4) is 0 Å². The molecule has 0 saturated carbocycles. The standard InChI is InChI=1S/C11H22N2O2S/c1-8(14)11(2,3)13-10(15)6-9-7-16-5-4-12-9/h8-9,12,14H,4-7H2,1-3H3,(H,13,15). The summed E-state index contributed by atoms with van der Waals surface area (Å²) < 4.78 is 0. The summed E-state index contributed by atoms with van der Waals surface area (Å²) in [5, 5.41) is 15.7. The second kappa shape index (κ2) is 5.89. The Hall–Kier alpha value is -0.260. The van der Waals surface area contributed by atoms with E-state index in [1.54, 1.807) is 6.92 Å². The number of hydrogen-bond acceptors (Lipinski definition) is 4. The molecule has 0 aromatic rings. The highest BCUT2D eigenvalue weighted by molar-refractivity contribution is 7.99. The third-order valence-corrected chi connectivity index (χ3v) is 4.07. The number of aliphatic hydroxyl groups is 1. The summed E-state index contributed by atoms with van der Waals surface area (Å²) in [6, 6.07) is 0.267. The predicted octanol–water partition coefficient (Wildman–Crippen LogP) is 0.357. The first-order valence-electron chi connectivity index (χ1n) is 5.72. The van der Waals surface area contributed by atoms with E-state index in [2.05, 4.69) is 10.6 Å². The smallest absolute Gasteiger partial charge is 0.222 e. The van der Waals surface area contributed by atoms with Crippen LogP contribution in [0.4, 0.5) is 0 Å². The molecule has 1 aliphatic rings. The average Bonchev–Trinajstić information content (AvgIpc) is 2.17. The molecule has 16 heavy (non-hydrogen) atoms. The molecule has 0 aromatic carbocycles. The summed E-state index contributed by atoms with van der Waals surface area (Å²) in [6.45, 7) is 6.33. The summed E-state index contributed by atoms with van der Waals surface area (Å²) in [4.78, 5) is 11.8. The quantitative estimate of drug-likeness (QED) is 0.670. The van der Waals surface area contributed by atoms with Gasteiger partial charge in [-0.2, -0.15) is 11.8 Å². The summed E-state index contributed by atoms with van der Waals surface area (Å²) in [5.41, 5.74) is -0.557. The van der Waals surface area contributed by atoms with E-state index in [1.165, 1.54) is 0 Å². The Morgan fingerprint density at radius 3 is 2.88 bits per heavy atom. The van der Waals surface area contributed by atoms with Crippen LogP contribution in [0.3, 0.4) is 0 Å². The number of carbonyl (C=O) groups is 1. The van der Waals surface area contributed by atoms with E-state index in [1.807, 2.05) is 25.6 Å². The first-order valence-corrected chi connectivity index (χ1v) is 6.87. The fraction of sp³-hybridized carbons (Fsp3) is 0.909. The third kappa shape index (κ3) is 4.31. The molecule has 1 rings (SSSR count). The first-order chi connectivity index (χ1) is 7.42. The van der Waals surface area contributed by atoms with Crippen LogP contribution in [0.15, 0.2) is 0 Å². The molecule has 1 fully saturated rings. The molecule has 1 heterocycles. The lowest BCUT2D eigenvalue weighted by atomic mass is 9.98. The fourth-order valence-corrected chi connectivity index (χ4v) is 2.44. The molecule has 0 aromatic heterocycles. The number of thioether (sulfide) groups is 1. The Bertz CT molecular complexity index is 238. The lowest BCUT2D eigenvalue weighted by Gasteiger charge is -2.31. The van der Waals surface area contributed by atoms with Gasteiger partial charge in [-0.25, -0.2) is 0 Å². The van der Waals surface area contributed by atoms with E-state index in [-0.39, 0.29) is 11.9 Å². The second-order valence-corrected chi connectivity index (χ2v) is 6.03. The topological polar surface area (TPSA) is 61.4 Å². The predicted molar refractivity (Wildman–Crippen MR) is 67.6 cm³/mol. The van der Waals surface area contributed by atoms with Crippen LogP contribution >= 0.6 is 11.8 Å². The summed E-state index contributed by atoms with van der Waals surface area (Å²) in [5.74, 6) is 2.12. The van der Waals surface area contributed by atoms with Gasteiger partial charge < -0.3 is 15.7 Å². The van der Waals surface area contributed by atoms with E-state index in [0.717, 1.165) is 18.1 Å². The Labute approximate surface area is 102 Å². The molecule has 4 nitrogen and oxygen atoms in total. The number of rotatable bonds is 4. The minimum atomic E-state index is -0.557. The largest absolute Gasteiger partial charge is 0.391 e. The maximum Gasteiger partial charge on any atom is 0.222 e. The Kier molecular flexibility index (Phi) is 5.08. The zero-order valence-corrected chi connectivity index (χ0v) is 11.1. The molecule has 94 valence electrons. The molecule has 1 aliphatic heterocycles. The van der Waals surface area contributed by atoms with Crippen molar-refractivity contribution >= 4 is 17.7 Å². The molecule has 2 unspecified atom stereocenters. The van der Waals surface area contributed by atoms with Crippen LogP contribution in [-0.4, -0.2) is 46.7 Å². The number of carbonyl (C=O) groups excluding carboxylic acids is 1. The molecule has 0 radical (unpaired) electrons.